The van der Waals surface area contributed by atoms with Crippen molar-refractivity contribution in [3.63, 3.8) is 0 Å². The Hall–Kier alpha value is -3.66. The van der Waals surface area contributed by atoms with Crippen molar-refractivity contribution in [3.05, 3.63) is 111 Å². The number of nitrogens with zero attached hydrogens (tertiary/aromatic N) is 1. The van der Waals surface area contributed by atoms with Crippen molar-refractivity contribution in [3.8, 4) is 5.75 Å². The topological polar surface area (TPSA) is 48.3 Å². The van der Waals surface area contributed by atoms with Crippen LogP contribution in [-0.4, -0.2) is 17.5 Å². The average Bonchev–Trinajstić information content (AvgIpc) is 2.76. The summed E-state index contributed by atoms with van der Waals surface area (Å²) in [5.41, 5.74) is 3.28. The summed E-state index contributed by atoms with van der Waals surface area (Å²) in [5.74, 6) is 0.375. The van der Waals surface area contributed by atoms with Gasteiger partial charge in [0.1, 0.15) is 5.75 Å². The molecule has 3 aromatic carbocycles. The Balaban J connectivity index is 1.88. The molecule has 0 aliphatic rings. The molecule has 1 aromatic heterocycles. The predicted octanol–water partition coefficient (Wildman–Crippen LogP) is 4.60. The van der Waals surface area contributed by atoms with Crippen LogP contribution in [0.1, 0.15) is 27.0 Å². The van der Waals surface area contributed by atoms with Crippen LogP contribution in [0.3, 0.4) is 0 Å². The molecule has 0 amide bonds. The summed E-state index contributed by atoms with van der Waals surface area (Å²) in [7, 11) is 1.57. The molecular formula is C25H21NO3. The van der Waals surface area contributed by atoms with Crippen molar-refractivity contribution in [2.45, 2.75) is 13.5 Å². The third-order valence-corrected chi connectivity index (χ3v) is 5.03. The minimum atomic E-state index is -0.289. The van der Waals surface area contributed by atoms with Crippen LogP contribution in [0.25, 0.3) is 10.9 Å². The molecule has 29 heavy (non-hydrogen) atoms. The third kappa shape index (κ3) is 3.69. The van der Waals surface area contributed by atoms with E-state index in [0.717, 1.165) is 16.6 Å². The number of pyridine rings is 1. The van der Waals surface area contributed by atoms with Crippen molar-refractivity contribution in [2.24, 2.45) is 0 Å². The van der Waals surface area contributed by atoms with Crippen molar-refractivity contribution in [2.75, 3.05) is 7.11 Å². The number of aryl methyl sites for hydroxylation is 1. The standard InChI is InChI=1S/C25H21NO3/c1-17-8-13-23-21(14-17)25(28)22(16-26(23)15-18-6-4-3-5-7-18)24(27)19-9-11-20(29-2)12-10-19/h3-14,16H,15H2,1-2H3. The molecule has 0 radical (unpaired) electrons. The average molecular weight is 383 g/mol. The Bertz CT molecular complexity index is 1240. The SMILES string of the molecule is COc1ccc(C(=O)c2cn(Cc3ccccc3)c3ccc(C)cc3c2=O)cc1. The Kier molecular flexibility index (Phi) is 5.00. The highest BCUT2D eigenvalue weighted by molar-refractivity contribution is 6.10. The fourth-order valence-electron chi connectivity index (χ4n) is 3.48. The Morgan fingerprint density at radius 1 is 0.966 bits per heavy atom. The first-order chi connectivity index (χ1) is 14.1. The van der Waals surface area contributed by atoms with Crippen LogP contribution in [0.2, 0.25) is 0 Å². The van der Waals surface area contributed by atoms with Crippen LogP contribution in [0, 0.1) is 6.92 Å². The van der Waals surface area contributed by atoms with Crippen molar-refractivity contribution in [1.82, 2.24) is 4.57 Å². The minimum Gasteiger partial charge on any atom is -0.497 e. The fourth-order valence-corrected chi connectivity index (χ4v) is 3.48. The summed E-state index contributed by atoms with van der Waals surface area (Å²) < 4.78 is 7.13. The molecule has 4 nitrogen and oxygen atoms in total. The van der Waals surface area contributed by atoms with E-state index < -0.39 is 0 Å². The summed E-state index contributed by atoms with van der Waals surface area (Å²) in [6.45, 7) is 2.52. The zero-order valence-corrected chi connectivity index (χ0v) is 16.4. The van der Waals surface area contributed by atoms with Gasteiger partial charge in [-0.25, -0.2) is 0 Å². The van der Waals surface area contributed by atoms with Gasteiger partial charge in [-0.05, 0) is 48.9 Å². The number of hydrogen-bond acceptors (Lipinski definition) is 3. The Morgan fingerprint density at radius 3 is 2.38 bits per heavy atom. The van der Waals surface area contributed by atoms with Gasteiger partial charge in [0.2, 0.25) is 5.43 Å². The number of carbonyl (C=O) groups excluding carboxylic acids is 1. The molecule has 0 aliphatic heterocycles. The lowest BCUT2D eigenvalue weighted by Gasteiger charge is -2.14. The maximum atomic E-state index is 13.2. The first kappa shape index (κ1) is 18.7. The number of ether oxygens (including phenoxy) is 1. The summed E-state index contributed by atoms with van der Waals surface area (Å²) in [4.78, 5) is 26.3. The number of fused-ring (bicyclic) bond motifs is 1. The lowest BCUT2D eigenvalue weighted by Crippen LogP contribution is -2.20. The quantitative estimate of drug-likeness (QED) is 0.473. The number of carbonyl (C=O) groups is 1. The highest BCUT2D eigenvalue weighted by Gasteiger charge is 2.17. The van der Waals surface area contributed by atoms with E-state index in [1.54, 1.807) is 37.6 Å². The molecule has 0 N–H and O–H groups in total. The normalized spacial score (nSPS) is 10.8. The molecule has 0 atom stereocenters. The van der Waals surface area contributed by atoms with Crippen LogP contribution in [-0.2, 0) is 6.54 Å². The zero-order chi connectivity index (χ0) is 20.4. The van der Waals surface area contributed by atoms with Crippen LogP contribution >= 0.6 is 0 Å². The van der Waals surface area contributed by atoms with E-state index in [-0.39, 0.29) is 16.8 Å². The van der Waals surface area contributed by atoms with Gasteiger partial charge in [-0.1, -0.05) is 42.0 Å². The molecule has 0 aliphatic carbocycles. The molecule has 0 saturated carbocycles. The van der Waals surface area contributed by atoms with Gasteiger partial charge in [0.05, 0.1) is 18.2 Å². The number of aromatic nitrogens is 1. The molecule has 1 heterocycles. The highest BCUT2D eigenvalue weighted by atomic mass is 16.5. The van der Waals surface area contributed by atoms with Crippen LogP contribution in [0.5, 0.6) is 5.75 Å². The zero-order valence-electron chi connectivity index (χ0n) is 16.4. The van der Waals surface area contributed by atoms with Gasteiger partial charge in [-0.2, -0.15) is 0 Å². The molecule has 144 valence electrons. The molecule has 4 rings (SSSR count). The van der Waals surface area contributed by atoms with Gasteiger partial charge < -0.3 is 9.30 Å². The second-order valence-electron chi connectivity index (χ2n) is 7.06. The van der Waals surface area contributed by atoms with E-state index in [1.807, 2.05) is 60.0 Å². The van der Waals surface area contributed by atoms with Crippen molar-refractivity contribution < 1.29 is 9.53 Å². The second kappa shape index (κ2) is 7.76. The molecular weight excluding hydrogens is 362 g/mol. The summed E-state index contributed by atoms with van der Waals surface area (Å²) in [5, 5.41) is 0.556. The van der Waals surface area contributed by atoms with E-state index in [4.69, 9.17) is 4.74 Å². The van der Waals surface area contributed by atoms with Gasteiger partial charge >= 0.3 is 0 Å². The highest BCUT2D eigenvalue weighted by Crippen LogP contribution is 2.19. The molecule has 4 heteroatoms. The molecule has 0 bridgehead atoms. The number of ketones is 1. The summed E-state index contributed by atoms with van der Waals surface area (Å²) in [6, 6.07) is 22.6. The molecule has 0 spiro atoms. The molecule has 0 saturated heterocycles. The lowest BCUT2D eigenvalue weighted by molar-refractivity contribution is 0.103. The van der Waals surface area contributed by atoms with Crippen LogP contribution in [0.4, 0.5) is 0 Å². The number of hydrogen-bond donors (Lipinski definition) is 0. The third-order valence-electron chi connectivity index (χ3n) is 5.03. The van der Waals surface area contributed by atoms with E-state index in [0.29, 0.717) is 23.2 Å². The summed E-state index contributed by atoms with van der Waals surface area (Å²) in [6.07, 6.45) is 1.68. The first-order valence-corrected chi connectivity index (χ1v) is 9.43. The van der Waals surface area contributed by atoms with E-state index >= 15 is 0 Å². The van der Waals surface area contributed by atoms with Gasteiger partial charge in [0.25, 0.3) is 0 Å². The molecule has 0 unspecified atom stereocenters. The number of methoxy groups -OCH3 is 1. The van der Waals surface area contributed by atoms with Crippen LogP contribution in [0.15, 0.2) is 83.8 Å². The van der Waals surface area contributed by atoms with Gasteiger partial charge in [0.15, 0.2) is 5.78 Å². The molecule has 0 fully saturated rings. The Morgan fingerprint density at radius 2 is 1.69 bits per heavy atom. The smallest absolute Gasteiger partial charge is 0.200 e. The first-order valence-electron chi connectivity index (χ1n) is 9.43. The Labute approximate surface area is 169 Å². The predicted molar refractivity (Wildman–Crippen MR) is 115 cm³/mol. The van der Waals surface area contributed by atoms with Crippen molar-refractivity contribution in [1.29, 1.82) is 0 Å². The largest absolute Gasteiger partial charge is 0.497 e. The van der Waals surface area contributed by atoms with Gasteiger partial charge in [0, 0.05) is 23.7 Å². The van der Waals surface area contributed by atoms with E-state index in [1.165, 1.54) is 0 Å². The van der Waals surface area contributed by atoms with Gasteiger partial charge in [-0.3, -0.25) is 9.59 Å². The fraction of sp³-hybridized carbons (Fsp3) is 0.120. The number of rotatable bonds is 5. The van der Waals surface area contributed by atoms with Crippen LogP contribution < -0.4 is 10.2 Å². The monoisotopic (exact) mass is 383 g/mol. The number of benzene rings is 3. The van der Waals surface area contributed by atoms with E-state index in [2.05, 4.69) is 0 Å². The lowest BCUT2D eigenvalue weighted by atomic mass is 10.0. The van der Waals surface area contributed by atoms with Gasteiger partial charge in [-0.15, -0.1) is 0 Å². The minimum absolute atomic E-state index is 0.171. The molecule has 4 aromatic rings. The summed E-state index contributed by atoms with van der Waals surface area (Å²) >= 11 is 0. The van der Waals surface area contributed by atoms with Crippen molar-refractivity contribution >= 4 is 16.7 Å². The van der Waals surface area contributed by atoms with E-state index in [9.17, 15) is 9.59 Å². The maximum absolute atomic E-state index is 13.2. The maximum Gasteiger partial charge on any atom is 0.200 e. The second-order valence-corrected chi connectivity index (χ2v) is 7.06.